The van der Waals surface area contributed by atoms with E-state index < -0.39 is 11.9 Å². The number of hydrogen-bond donors (Lipinski definition) is 1. The van der Waals surface area contributed by atoms with Crippen molar-refractivity contribution in [2.45, 2.75) is 12.8 Å². The largest absolute Gasteiger partial charge is 0.456 e. The molecule has 0 aliphatic heterocycles. The van der Waals surface area contributed by atoms with Gasteiger partial charge in [-0.2, -0.15) is 16.3 Å². The Bertz CT molecular complexity index is 831. The summed E-state index contributed by atoms with van der Waals surface area (Å²) in [7, 11) is 0. The fraction of sp³-hybridized carbons (Fsp3) is 0.176. The molecule has 3 aromatic rings. The third-order valence-electron chi connectivity index (χ3n) is 3.21. The summed E-state index contributed by atoms with van der Waals surface area (Å²) in [5.74, 6) is -0.0469. The number of hydrogen-bond acceptors (Lipinski definition) is 7. The number of carbonyl (C=O) groups excluding carboxylic acids is 2. The minimum atomic E-state index is -0.501. The number of nitrogens with one attached hydrogen (secondary N) is 1. The highest BCUT2D eigenvalue weighted by atomic mass is 32.1. The third-order valence-corrected chi connectivity index (χ3v) is 3.90. The Hall–Kier alpha value is -3.00. The number of amides is 1. The normalized spacial score (nSPS) is 10.4. The van der Waals surface area contributed by atoms with Gasteiger partial charge in [-0.25, -0.2) is 0 Å². The number of nitrogens with zero attached hydrogens (tertiary/aromatic N) is 2. The minimum Gasteiger partial charge on any atom is -0.456 e. The Balaban J connectivity index is 1.40. The molecule has 0 bridgehead atoms. The minimum absolute atomic E-state index is 0.0594. The van der Waals surface area contributed by atoms with Crippen LogP contribution in [-0.2, 0) is 20.7 Å². The molecule has 0 aliphatic carbocycles. The summed E-state index contributed by atoms with van der Waals surface area (Å²) in [5, 5.41) is 10.3. The first-order valence-electron chi connectivity index (χ1n) is 7.56. The van der Waals surface area contributed by atoms with Crippen LogP contribution < -0.4 is 5.32 Å². The lowest BCUT2D eigenvalue weighted by Crippen LogP contribution is -2.21. The van der Waals surface area contributed by atoms with Gasteiger partial charge in [0, 0.05) is 23.1 Å². The molecule has 1 aromatic carbocycles. The van der Waals surface area contributed by atoms with E-state index in [2.05, 4.69) is 15.5 Å². The summed E-state index contributed by atoms with van der Waals surface area (Å²) in [5.41, 5.74) is 1.52. The number of anilines is 1. The van der Waals surface area contributed by atoms with Crippen molar-refractivity contribution in [1.82, 2.24) is 10.1 Å². The van der Waals surface area contributed by atoms with Crippen LogP contribution in [0.5, 0.6) is 0 Å². The van der Waals surface area contributed by atoms with Gasteiger partial charge in [0.15, 0.2) is 6.61 Å². The van der Waals surface area contributed by atoms with E-state index in [1.54, 1.807) is 24.3 Å². The number of carbonyl (C=O) groups is 2. The van der Waals surface area contributed by atoms with E-state index in [-0.39, 0.29) is 19.4 Å². The molecule has 0 unspecified atom stereocenters. The Morgan fingerprint density at radius 2 is 2.04 bits per heavy atom. The molecule has 25 heavy (non-hydrogen) atoms. The van der Waals surface area contributed by atoms with Crippen LogP contribution >= 0.6 is 11.3 Å². The maximum Gasteiger partial charge on any atom is 0.306 e. The average Bonchev–Trinajstić information content (AvgIpc) is 3.30. The lowest BCUT2D eigenvalue weighted by atomic mass is 10.3. The molecule has 0 saturated heterocycles. The van der Waals surface area contributed by atoms with Crippen molar-refractivity contribution in [1.29, 1.82) is 0 Å². The van der Waals surface area contributed by atoms with Gasteiger partial charge < -0.3 is 14.6 Å². The van der Waals surface area contributed by atoms with Gasteiger partial charge in [-0.1, -0.05) is 23.4 Å². The van der Waals surface area contributed by atoms with E-state index in [1.165, 1.54) is 11.3 Å². The molecule has 3 rings (SSSR count). The smallest absolute Gasteiger partial charge is 0.306 e. The highest BCUT2D eigenvalue weighted by Crippen LogP contribution is 2.19. The molecule has 0 aliphatic rings. The van der Waals surface area contributed by atoms with Crippen LogP contribution in [0.25, 0.3) is 11.4 Å². The first-order chi connectivity index (χ1) is 12.2. The predicted molar refractivity (Wildman–Crippen MR) is 92.0 cm³/mol. The van der Waals surface area contributed by atoms with Gasteiger partial charge in [-0.15, -0.1) is 0 Å². The maximum absolute atomic E-state index is 11.7. The topological polar surface area (TPSA) is 94.3 Å². The van der Waals surface area contributed by atoms with E-state index in [0.29, 0.717) is 17.4 Å². The zero-order chi connectivity index (χ0) is 17.5. The van der Waals surface area contributed by atoms with Gasteiger partial charge in [0.2, 0.25) is 11.7 Å². The number of aromatic nitrogens is 2. The van der Waals surface area contributed by atoms with Crippen LogP contribution in [-0.4, -0.2) is 28.6 Å². The Labute approximate surface area is 147 Å². The zero-order valence-corrected chi connectivity index (χ0v) is 14.0. The van der Waals surface area contributed by atoms with Crippen molar-refractivity contribution in [2.75, 3.05) is 11.9 Å². The molecule has 0 saturated carbocycles. The molecule has 0 atom stereocenters. The Morgan fingerprint density at radius 1 is 1.20 bits per heavy atom. The standard InChI is InChI=1S/C17H15N3O4S/c21-14(18-13-4-2-1-3-5-13)10-23-16(22)7-6-15-19-17(20-24-15)12-8-9-25-11-12/h1-5,8-9,11H,6-7,10H2,(H,18,21). The molecule has 0 fully saturated rings. The van der Waals surface area contributed by atoms with Crippen molar-refractivity contribution in [3.8, 4) is 11.4 Å². The maximum atomic E-state index is 11.7. The van der Waals surface area contributed by atoms with E-state index in [4.69, 9.17) is 9.26 Å². The summed E-state index contributed by atoms with van der Waals surface area (Å²) in [4.78, 5) is 27.6. The van der Waals surface area contributed by atoms with E-state index in [9.17, 15) is 9.59 Å². The van der Waals surface area contributed by atoms with Gasteiger partial charge >= 0.3 is 5.97 Å². The Morgan fingerprint density at radius 3 is 2.80 bits per heavy atom. The van der Waals surface area contributed by atoms with Crippen LogP contribution in [0.4, 0.5) is 5.69 Å². The summed E-state index contributed by atoms with van der Waals surface area (Å²) in [6.45, 7) is -0.336. The van der Waals surface area contributed by atoms with Crippen molar-refractivity contribution >= 4 is 28.9 Å². The van der Waals surface area contributed by atoms with Crippen molar-refractivity contribution in [2.24, 2.45) is 0 Å². The fourth-order valence-corrected chi connectivity index (χ4v) is 2.65. The fourth-order valence-electron chi connectivity index (χ4n) is 2.01. The van der Waals surface area contributed by atoms with Crippen molar-refractivity contribution < 1.29 is 18.8 Å². The number of esters is 1. The average molecular weight is 357 g/mol. The molecular formula is C17H15N3O4S. The third kappa shape index (κ3) is 4.98. The molecule has 8 heteroatoms. The van der Waals surface area contributed by atoms with E-state index in [1.807, 2.05) is 22.9 Å². The van der Waals surface area contributed by atoms with E-state index in [0.717, 1.165) is 5.56 Å². The van der Waals surface area contributed by atoms with Gasteiger partial charge in [-0.3, -0.25) is 9.59 Å². The first-order valence-corrected chi connectivity index (χ1v) is 8.50. The second kappa shape index (κ2) is 8.20. The van der Waals surface area contributed by atoms with Crippen LogP contribution in [0.3, 0.4) is 0 Å². The molecular weight excluding hydrogens is 342 g/mol. The molecule has 1 N–H and O–H groups in total. The highest BCUT2D eigenvalue weighted by molar-refractivity contribution is 7.08. The molecule has 0 spiro atoms. The number of ether oxygens (including phenoxy) is 1. The molecule has 0 radical (unpaired) electrons. The van der Waals surface area contributed by atoms with Crippen molar-refractivity contribution in [3.05, 3.63) is 53.0 Å². The lowest BCUT2D eigenvalue weighted by Gasteiger charge is -2.05. The van der Waals surface area contributed by atoms with Crippen LogP contribution in [0.2, 0.25) is 0 Å². The summed E-state index contributed by atoms with van der Waals surface area (Å²) < 4.78 is 10.0. The van der Waals surface area contributed by atoms with Gasteiger partial charge in [0.05, 0.1) is 6.42 Å². The van der Waals surface area contributed by atoms with Gasteiger partial charge in [0.25, 0.3) is 5.91 Å². The number of para-hydroxylation sites is 1. The molecule has 1 amide bonds. The molecule has 128 valence electrons. The number of thiophene rings is 1. The Kier molecular flexibility index (Phi) is 5.53. The SMILES string of the molecule is O=C(COC(=O)CCc1nc(-c2ccsc2)no1)Nc1ccccc1. The van der Waals surface area contributed by atoms with Crippen LogP contribution in [0.1, 0.15) is 12.3 Å². The second-order valence-corrected chi connectivity index (χ2v) is 5.88. The second-order valence-electron chi connectivity index (χ2n) is 5.10. The van der Waals surface area contributed by atoms with Gasteiger partial charge in [0.1, 0.15) is 0 Å². The zero-order valence-electron chi connectivity index (χ0n) is 13.2. The lowest BCUT2D eigenvalue weighted by molar-refractivity contribution is -0.147. The molecule has 2 heterocycles. The summed E-state index contributed by atoms with van der Waals surface area (Å²) in [6.07, 6.45) is 0.320. The number of aryl methyl sites for hydroxylation is 1. The predicted octanol–water partition coefficient (Wildman–Crippen LogP) is 2.91. The van der Waals surface area contributed by atoms with Crippen molar-refractivity contribution in [3.63, 3.8) is 0 Å². The molecule has 7 nitrogen and oxygen atoms in total. The monoisotopic (exact) mass is 357 g/mol. The molecule has 2 aromatic heterocycles. The summed E-state index contributed by atoms with van der Waals surface area (Å²) >= 11 is 1.54. The quantitative estimate of drug-likeness (QED) is 0.653. The van der Waals surface area contributed by atoms with Crippen LogP contribution in [0, 0.1) is 0 Å². The number of benzene rings is 1. The highest BCUT2D eigenvalue weighted by Gasteiger charge is 2.13. The van der Waals surface area contributed by atoms with E-state index >= 15 is 0 Å². The van der Waals surface area contributed by atoms with Gasteiger partial charge in [-0.05, 0) is 23.6 Å². The number of rotatable bonds is 7. The van der Waals surface area contributed by atoms with Crippen LogP contribution in [0.15, 0.2) is 51.7 Å². The summed E-state index contributed by atoms with van der Waals surface area (Å²) in [6, 6.07) is 10.8. The first kappa shape index (κ1) is 16.8.